The number of aromatic hydroxyl groups is 2. The Balaban J connectivity index is 2.64. The van der Waals surface area contributed by atoms with E-state index in [0.717, 1.165) is 12.0 Å². The van der Waals surface area contributed by atoms with Crippen molar-refractivity contribution >= 4 is 0 Å². The van der Waals surface area contributed by atoms with Gasteiger partial charge in [-0.2, -0.15) is 0 Å². The van der Waals surface area contributed by atoms with E-state index in [-0.39, 0.29) is 11.5 Å². The second-order valence-electron chi connectivity index (χ2n) is 4.42. The first-order chi connectivity index (χ1) is 7.56. The average molecular weight is 223 g/mol. The molecule has 0 aliphatic carbocycles. The first-order valence-electron chi connectivity index (χ1n) is 5.79. The first-order valence-corrected chi connectivity index (χ1v) is 5.79. The Bertz CT molecular complexity index is 337. The highest BCUT2D eigenvalue weighted by atomic mass is 16.3. The summed E-state index contributed by atoms with van der Waals surface area (Å²) in [6.07, 6.45) is 1.05. The van der Waals surface area contributed by atoms with Gasteiger partial charge in [-0.05, 0) is 18.4 Å². The topological polar surface area (TPSA) is 52.5 Å². The van der Waals surface area contributed by atoms with Crippen LogP contribution in [0.3, 0.4) is 0 Å². The van der Waals surface area contributed by atoms with Gasteiger partial charge in [0, 0.05) is 18.2 Å². The fourth-order valence-electron chi connectivity index (χ4n) is 1.81. The monoisotopic (exact) mass is 223 g/mol. The summed E-state index contributed by atoms with van der Waals surface area (Å²) in [6, 6.07) is 5.47. The van der Waals surface area contributed by atoms with Gasteiger partial charge in [0.15, 0.2) is 11.5 Å². The van der Waals surface area contributed by atoms with Crippen LogP contribution in [-0.4, -0.2) is 16.3 Å². The Morgan fingerprint density at radius 3 is 2.50 bits per heavy atom. The van der Waals surface area contributed by atoms with Crippen LogP contribution in [0.15, 0.2) is 18.2 Å². The molecule has 0 radical (unpaired) electrons. The number of hydrogen-bond donors (Lipinski definition) is 3. The summed E-state index contributed by atoms with van der Waals surface area (Å²) in [5.41, 5.74) is 0.735. The van der Waals surface area contributed by atoms with Crippen LogP contribution >= 0.6 is 0 Å². The van der Waals surface area contributed by atoms with E-state index in [1.54, 1.807) is 6.07 Å². The standard InChI is InChI=1S/C13H21NO2/c1-4-11(9(2)3)14-8-10-6-5-7-12(15)13(10)16/h5-7,9,11,14-16H,4,8H2,1-3H3. The molecule has 16 heavy (non-hydrogen) atoms. The van der Waals surface area contributed by atoms with E-state index < -0.39 is 0 Å². The molecule has 1 rings (SSSR count). The highest BCUT2D eigenvalue weighted by Gasteiger charge is 2.12. The van der Waals surface area contributed by atoms with Crippen molar-refractivity contribution in [1.29, 1.82) is 0 Å². The predicted molar refractivity (Wildman–Crippen MR) is 65.5 cm³/mol. The molecule has 1 atom stereocenters. The lowest BCUT2D eigenvalue weighted by Crippen LogP contribution is -2.32. The molecule has 0 spiro atoms. The molecule has 0 fully saturated rings. The minimum atomic E-state index is -0.0584. The summed E-state index contributed by atoms with van der Waals surface area (Å²) in [5.74, 6) is 0.481. The summed E-state index contributed by atoms with van der Waals surface area (Å²) >= 11 is 0. The molecule has 0 heterocycles. The lowest BCUT2D eigenvalue weighted by molar-refractivity contribution is 0.373. The van der Waals surface area contributed by atoms with Crippen LogP contribution in [0.2, 0.25) is 0 Å². The Labute approximate surface area is 97.1 Å². The number of para-hydroxylation sites is 1. The first kappa shape index (κ1) is 12.8. The van der Waals surface area contributed by atoms with Crippen molar-refractivity contribution < 1.29 is 10.2 Å². The van der Waals surface area contributed by atoms with Crippen molar-refractivity contribution in [2.75, 3.05) is 0 Å². The van der Waals surface area contributed by atoms with Gasteiger partial charge in [0.25, 0.3) is 0 Å². The second kappa shape index (κ2) is 5.75. The third-order valence-corrected chi connectivity index (χ3v) is 2.90. The Morgan fingerprint density at radius 1 is 1.25 bits per heavy atom. The molecule has 90 valence electrons. The zero-order valence-electron chi connectivity index (χ0n) is 10.2. The summed E-state index contributed by atoms with van der Waals surface area (Å²) in [4.78, 5) is 0. The number of nitrogens with one attached hydrogen (secondary N) is 1. The second-order valence-corrected chi connectivity index (χ2v) is 4.42. The van der Waals surface area contributed by atoms with Crippen molar-refractivity contribution in [2.45, 2.75) is 39.8 Å². The molecule has 0 aliphatic heterocycles. The van der Waals surface area contributed by atoms with Crippen LogP contribution in [0.25, 0.3) is 0 Å². The lowest BCUT2D eigenvalue weighted by Gasteiger charge is -2.21. The fourth-order valence-corrected chi connectivity index (χ4v) is 1.81. The van der Waals surface area contributed by atoms with Gasteiger partial charge in [0.2, 0.25) is 0 Å². The van der Waals surface area contributed by atoms with Crippen LogP contribution in [0, 0.1) is 5.92 Å². The van der Waals surface area contributed by atoms with E-state index in [4.69, 9.17) is 0 Å². The van der Waals surface area contributed by atoms with Crippen molar-refractivity contribution in [2.24, 2.45) is 5.92 Å². The van der Waals surface area contributed by atoms with E-state index in [9.17, 15) is 10.2 Å². The smallest absolute Gasteiger partial charge is 0.161 e. The third-order valence-electron chi connectivity index (χ3n) is 2.90. The van der Waals surface area contributed by atoms with Gasteiger partial charge in [0.1, 0.15) is 0 Å². The predicted octanol–water partition coefficient (Wildman–Crippen LogP) is 2.62. The van der Waals surface area contributed by atoms with Gasteiger partial charge in [-0.25, -0.2) is 0 Å². The van der Waals surface area contributed by atoms with Gasteiger partial charge in [-0.15, -0.1) is 0 Å². The van der Waals surface area contributed by atoms with Crippen LogP contribution in [0.4, 0.5) is 0 Å². The molecule has 0 aliphatic rings. The Morgan fingerprint density at radius 2 is 1.94 bits per heavy atom. The minimum Gasteiger partial charge on any atom is -0.504 e. The van der Waals surface area contributed by atoms with Gasteiger partial charge in [-0.3, -0.25) is 0 Å². The van der Waals surface area contributed by atoms with Crippen LogP contribution in [0.5, 0.6) is 11.5 Å². The van der Waals surface area contributed by atoms with Crippen molar-refractivity contribution in [3.05, 3.63) is 23.8 Å². The Hall–Kier alpha value is -1.22. The Kier molecular flexibility index (Phi) is 4.62. The maximum Gasteiger partial charge on any atom is 0.161 e. The van der Waals surface area contributed by atoms with E-state index in [2.05, 4.69) is 26.1 Å². The van der Waals surface area contributed by atoms with Crippen molar-refractivity contribution in [3.8, 4) is 11.5 Å². The number of rotatable bonds is 5. The molecule has 0 saturated carbocycles. The zero-order valence-corrected chi connectivity index (χ0v) is 10.2. The van der Waals surface area contributed by atoms with Gasteiger partial charge >= 0.3 is 0 Å². The van der Waals surface area contributed by atoms with Crippen molar-refractivity contribution in [3.63, 3.8) is 0 Å². The minimum absolute atomic E-state index is 0.0198. The third kappa shape index (κ3) is 3.14. The zero-order chi connectivity index (χ0) is 12.1. The molecule has 3 heteroatoms. The number of hydrogen-bond acceptors (Lipinski definition) is 3. The van der Waals surface area contributed by atoms with E-state index >= 15 is 0 Å². The number of phenols is 2. The molecule has 1 aromatic rings. The fraction of sp³-hybridized carbons (Fsp3) is 0.538. The van der Waals surface area contributed by atoms with E-state index in [1.165, 1.54) is 6.07 Å². The molecule has 1 unspecified atom stereocenters. The van der Waals surface area contributed by atoms with Crippen LogP contribution < -0.4 is 5.32 Å². The highest BCUT2D eigenvalue weighted by Crippen LogP contribution is 2.28. The molecular formula is C13H21NO2. The van der Waals surface area contributed by atoms with E-state index in [0.29, 0.717) is 18.5 Å². The molecule has 0 saturated heterocycles. The van der Waals surface area contributed by atoms with Gasteiger partial charge in [0.05, 0.1) is 0 Å². The molecule has 0 bridgehead atoms. The molecule has 3 nitrogen and oxygen atoms in total. The quantitative estimate of drug-likeness (QED) is 0.673. The number of phenolic OH excluding ortho intramolecular Hbond substituents is 2. The highest BCUT2D eigenvalue weighted by molar-refractivity contribution is 5.44. The lowest BCUT2D eigenvalue weighted by atomic mass is 10.0. The van der Waals surface area contributed by atoms with Crippen molar-refractivity contribution in [1.82, 2.24) is 5.32 Å². The van der Waals surface area contributed by atoms with Crippen LogP contribution in [-0.2, 0) is 6.54 Å². The molecule has 1 aromatic carbocycles. The molecular weight excluding hydrogens is 202 g/mol. The maximum atomic E-state index is 9.63. The van der Waals surface area contributed by atoms with Gasteiger partial charge < -0.3 is 15.5 Å². The molecule has 0 aromatic heterocycles. The molecule has 3 N–H and O–H groups in total. The van der Waals surface area contributed by atoms with Gasteiger partial charge in [-0.1, -0.05) is 32.9 Å². The van der Waals surface area contributed by atoms with Crippen LogP contribution in [0.1, 0.15) is 32.8 Å². The maximum absolute atomic E-state index is 9.63. The average Bonchev–Trinajstić information content (AvgIpc) is 2.24. The van der Waals surface area contributed by atoms with E-state index in [1.807, 2.05) is 6.07 Å². The number of benzene rings is 1. The summed E-state index contributed by atoms with van der Waals surface area (Å²) in [7, 11) is 0. The summed E-state index contributed by atoms with van der Waals surface area (Å²) in [5, 5.41) is 22.4. The largest absolute Gasteiger partial charge is 0.504 e. The molecule has 0 amide bonds. The SMILES string of the molecule is CCC(NCc1cccc(O)c1O)C(C)C. The summed E-state index contributed by atoms with van der Waals surface area (Å²) in [6.45, 7) is 7.06. The summed E-state index contributed by atoms with van der Waals surface area (Å²) < 4.78 is 0. The normalized spacial score (nSPS) is 13.0.